The lowest BCUT2D eigenvalue weighted by atomic mass is 10.0. The number of quaternary nitrogens is 1. The predicted octanol–water partition coefficient (Wildman–Crippen LogP) is 22.1. The summed E-state index contributed by atoms with van der Waals surface area (Å²) < 4.78 is 22.8. The van der Waals surface area contributed by atoms with Gasteiger partial charge in [0.2, 0.25) is 0 Å². The number of hydrogen-bond donors (Lipinski definition) is 0. The molecule has 0 radical (unpaired) electrons. The maximum absolute atomic E-state index is 12.9. The molecule has 0 aromatic rings. The number of ether oxygens (including phenoxy) is 4. The molecule has 0 saturated carbocycles. The highest BCUT2D eigenvalue weighted by Crippen LogP contribution is 2.19. The van der Waals surface area contributed by atoms with Crippen LogP contribution < -0.4 is 5.11 Å². The fourth-order valence-electron chi connectivity index (χ4n) is 11.1. The minimum Gasteiger partial charge on any atom is -0.545 e. The molecule has 0 aliphatic carbocycles. The van der Waals surface area contributed by atoms with E-state index in [4.69, 9.17) is 18.9 Å². The van der Waals surface area contributed by atoms with E-state index in [9.17, 15) is 19.5 Å². The largest absolute Gasteiger partial charge is 0.545 e. The molecule has 0 aliphatic rings. The maximum atomic E-state index is 12.9. The minimum absolute atomic E-state index is 0.148. The SMILES string of the molecule is CC/C=C\C/C=C\C/C=C\C/C=C\CCCCCCCCCCCCCCCCC(=O)OC(COC(=O)CCCCCCCCCCCCCCCCCCCCCCCCC/C=C\CCCCCCCCCC)COC(OCC[N+](C)(C)C)C(=O)[O-]. The molecule has 9 heteroatoms. The van der Waals surface area contributed by atoms with Gasteiger partial charge in [0.05, 0.1) is 40.3 Å². The lowest BCUT2D eigenvalue weighted by molar-refractivity contribution is -0.870. The van der Waals surface area contributed by atoms with Gasteiger partial charge in [0, 0.05) is 12.8 Å². The molecule has 0 spiro atoms. The summed E-state index contributed by atoms with van der Waals surface area (Å²) in [6, 6.07) is 0. The first-order valence-electron chi connectivity index (χ1n) is 37.4. The normalized spacial score (nSPS) is 13.0. The number of likely N-dealkylation sites (N-methyl/N-ethyl adjacent to an activating group) is 1. The van der Waals surface area contributed by atoms with Crippen LogP contribution in [0.25, 0.3) is 0 Å². The number of hydrogen-bond acceptors (Lipinski definition) is 8. The molecule has 87 heavy (non-hydrogen) atoms. The molecule has 0 fully saturated rings. The summed E-state index contributed by atoms with van der Waals surface area (Å²) >= 11 is 0. The first-order valence-corrected chi connectivity index (χ1v) is 37.4. The fourth-order valence-corrected chi connectivity index (χ4v) is 11.1. The van der Waals surface area contributed by atoms with Crippen molar-refractivity contribution >= 4 is 17.9 Å². The molecule has 0 aliphatic heterocycles. The monoisotopic (exact) mass is 1220 g/mol. The molecule has 0 amide bonds. The number of unbranched alkanes of at least 4 members (excludes halogenated alkanes) is 45. The summed E-state index contributed by atoms with van der Waals surface area (Å²) in [6.07, 6.45) is 87.6. The van der Waals surface area contributed by atoms with Gasteiger partial charge in [-0.1, -0.05) is 331 Å². The van der Waals surface area contributed by atoms with Crippen molar-refractivity contribution in [3.63, 3.8) is 0 Å². The average Bonchev–Trinajstić information content (AvgIpc) is 3.56. The van der Waals surface area contributed by atoms with E-state index in [1.165, 1.54) is 270 Å². The molecule has 0 heterocycles. The molecule has 9 nitrogen and oxygen atoms in total. The van der Waals surface area contributed by atoms with Crippen molar-refractivity contribution in [2.45, 2.75) is 373 Å². The van der Waals surface area contributed by atoms with Crippen LogP contribution >= 0.6 is 0 Å². The Morgan fingerprint density at radius 3 is 0.989 bits per heavy atom. The molecule has 2 atom stereocenters. The van der Waals surface area contributed by atoms with E-state index in [1.54, 1.807) is 0 Å². The van der Waals surface area contributed by atoms with Crippen molar-refractivity contribution < 1.29 is 42.9 Å². The number of carbonyl (C=O) groups excluding carboxylic acids is 3. The second kappa shape index (κ2) is 68.9. The highest BCUT2D eigenvalue weighted by atomic mass is 16.7. The van der Waals surface area contributed by atoms with E-state index in [0.717, 1.165) is 57.8 Å². The van der Waals surface area contributed by atoms with E-state index in [0.29, 0.717) is 23.9 Å². The van der Waals surface area contributed by atoms with Crippen molar-refractivity contribution in [2.75, 3.05) is 47.5 Å². The third kappa shape index (κ3) is 70.3. The van der Waals surface area contributed by atoms with Crippen molar-refractivity contribution in [2.24, 2.45) is 0 Å². The minimum atomic E-state index is -1.62. The highest BCUT2D eigenvalue weighted by molar-refractivity contribution is 5.70. The van der Waals surface area contributed by atoms with Crippen LogP contribution in [0.15, 0.2) is 60.8 Å². The Morgan fingerprint density at radius 1 is 0.356 bits per heavy atom. The number of nitrogens with zero attached hydrogens (tertiary/aromatic N) is 1. The van der Waals surface area contributed by atoms with Gasteiger partial charge >= 0.3 is 11.9 Å². The van der Waals surface area contributed by atoms with Crippen LogP contribution in [0.5, 0.6) is 0 Å². The Labute approximate surface area is 539 Å². The van der Waals surface area contributed by atoms with Crippen LogP contribution in [0, 0.1) is 0 Å². The first kappa shape index (κ1) is 84.0. The zero-order valence-corrected chi connectivity index (χ0v) is 58.2. The summed E-state index contributed by atoms with van der Waals surface area (Å²) in [5, 5.41) is 11.8. The molecule has 2 unspecified atom stereocenters. The lowest BCUT2D eigenvalue weighted by Crippen LogP contribution is -2.44. The molecule has 0 N–H and O–H groups in total. The number of esters is 2. The Hall–Kier alpha value is -3.01. The first-order chi connectivity index (χ1) is 42.6. The zero-order chi connectivity index (χ0) is 63.3. The van der Waals surface area contributed by atoms with E-state index < -0.39 is 24.3 Å². The van der Waals surface area contributed by atoms with Gasteiger partial charge in [-0.05, 0) is 77.0 Å². The number of allylic oxidation sites excluding steroid dienone is 10. The van der Waals surface area contributed by atoms with Gasteiger partial charge in [0.25, 0.3) is 0 Å². The van der Waals surface area contributed by atoms with Gasteiger partial charge in [-0.2, -0.15) is 0 Å². The Kier molecular flexibility index (Phi) is 66.5. The van der Waals surface area contributed by atoms with Crippen LogP contribution in [0.3, 0.4) is 0 Å². The highest BCUT2D eigenvalue weighted by Gasteiger charge is 2.22. The van der Waals surface area contributed by atoms with Gasteiger partial charge in [0.15, 0.2) is 12.4 Å². The standard InChI is InChI=1S/C78H143NO8/c1-6-8-10-12-14-16-18-20-22-24-26-28-30-32-34-35-36-37-38-39-40-41-43-44-46-48-50-52-54-56-58-60-62-64-66-68-75(80)85-72-74(73-86-78(77(82)83)84-71-70-79(3,4)5)87-76(81)69-67-65-63-61-59-57-55-53-51-49-47-45-42-33-31-29-27-25-23-21-19-17-15-13-11-9-7-2/h9,11,15,17,21,23-24,26-27,29,74,78H,6-8,10,12-14,16,18-20,22,25,28,30-73H2,1-5H3/b11-9-,17-15-,23-21-,26-24-,29-27-. The molecule has 0 bridgehead atoms. The number of rotatable bonds is 70. The molecular weight excluding hydrogens is 1080 g/mol. The molecule has 508 valence electrons. The van der Waals surface area contributed by atoms with Crippen LogP contribution in [0.1, 0.15) is 361 Å². The number of carboxylic acids is 1. The Balaban J connectivity index is 4.01. The Bertz CT molecular complexity index is 1610. The quantitative estimate of drug-likeness (QED) is 0.0195. The summed E-state index contributed by atoms with van der Waals surface area (Å²) in [6.45, 7) is 4.69. The smallest absolute Gasteiger partial charge is 0.306 e. The van der Waals surface area contributed by atoms with Crippen molar-refractivity contribution in [3.05, 3.63) is 60.8 Å². The van der Waals surface area contributed by atoms with Crippen molar-refractivity contribution in [1.29, 1.82) is 0 Å². The van der Waals surface area contributed by atoms with E-state index in [-0.39, 0.29) is 32.2 Å². The van der Waals surface area contributed by atoms with Crippen LogP contribution in [0.2, 0.25) is 0 Å². The summed E-state index contributed by atoms with van der Waals surface area (Å²) in [5.74, 6) is -2.26. The van der Waals surface area contributed by atoms with Crippen LogP contribution in [-0.2, 0) is 33.3 Å². The van der Waals surface area contributed by atoms with E-state index >= 15 is 0 Å². The van der Waals surface area contributed by atoms with Gasteiger partial charge in [0.1, 0.15) is 13.2 Å². The third-order valence-electron chi connectivity index (χ3n) is 16.7. The predicted molar refractivity (Wildman–Crippen MR) is 371 cm³/mol. The van der Waals surface area contributed by atoms with Gasteiger partial charge in [-0.25, -0.2) is 0 Å². The van der Waals surface area contributed by atoms with E-state index in [1.807, 2.05) is 21.1 Å². The zero-order valence-electron chi connectivity index (χ0n) is 58.2. The summed E-state index contributed by atoms with van der Waals surface area (Å²) in [4.78, 5) is 37.5. The lowest BCUT2D eigenvalue weighted by Gasteiger charge is -2.26. The molecule has 0 saturated heterocycles. The van der Waals surface area contributed by atoms with Crippen molar-refractivity contribution in [1.82, 2.24) is 0 Å². The van der Waals surface area contributed by atoms with E-state index in [2.05, 4.69) is 74.6 Å². The number of carboxylic acid groups (broad SMARTS) is 1. The van der Waals surface area contributed by atoms with Gasteiger partial charge < -0.3 is 33.3 Å². The van der Waals surface area contributed by atoms with Gasteiger partial charge in [-0.15, -0.1) is 0 Å². The fraction of sp³-hybridized carbons (Fsp3) is 0.833. The second-order valence-corrected chi connectivity index (χ2v) is 26.6. The average molecular weight is 1220 g/mol. The molecule has 0 aromatic heterocycles. The molecule has 0 rings (SSSR count). The van der Waals surface area contributed by atoms with Crippen LogP contribution in [0.4, 0.5) is 0 Å². The van der Waals surface area contributed by atoms with Gasteiger partial charge in [-0.3, -0.25) is 9.59 Å². The van der Waals surface area contributed by atoms with Crippen LogP contribution in [-0.4, -0.2) is 82.3 Å². The molecular formula is C78H143NO8. The third-order valence-corrected chi connectivity index (χ3v) is 16.7. The number of carbonyl (C=O) groups is 3. The second-order valence-electron chi connectivity index (χ2n) is 26.6. The summed E-state index contributed by atoms with van der Waals surface area (Å²) in [5.41, 5.74) is 0. The topological polar surface area (TPSA) is 111 Å². The molecule has 0 aromatic carbocycles. The Morgan fingerprint density at radius 2 is 0.655 bits per heavy atom. The number of aliphatic carboxylic acids is 1. The van der Waals surface area contributed by atoms with Crippen molar-refractivity contribution in [3.8, 4) is 0 Å². The maximum Gasteiger partial charge on any atom is 0.306 e. The summed E-state index contributed by atoms with van der Waals surface area (Å²) in [7, 11) is 5.94.